The fraction of sp³-hybridized carbons (Fsp3) is 0.200. The number of ether oxygens (including phenoxy) is 2. The molecule has 1 aliphatic rings. The second-order valence-electron chi connectivity index (χ2n) is 6.17. The van der Waals surface area contributed by atoms with Crippen LogP contribution in [0.15, 0.2) is 48.7 Å². The van der Waals surface area contributed by atoms with Gasteiger partial charge in [-0.25, -0.2) is 9.78 Å². The number of aromatic nitrogens is 1. The highest BCUT2D eigenvalue weighted by molar-refractivity contribution is 7.15. The molecule has 3 aromatic rings. The normalized spacial score (nSPS) is 15.8. The Hall–Kier alpha value is -2.86. The predicted octanol–water partition coefficient (Wildman–Crippen LogP) is 5.01. The number of hydrogen-bond donors (Lipinski definition) is 1. The molecule has 2 heterocycles. The summed E-state index contributed by atoms with van der Waals surface area (Å²) in [6.07, 6.45) is 3.16. The maximum Gasteiger partial charge on any atom is 0.347 e. The summed E-state index contributed by atoms with van der Waals surface area (Å²) < 4.78 is 11.9. The van der Waals surface area contributed by atoms with Crippen molar-refractivity contribution in [1.29, 1.82) is 0 Å². The largest absolute Gasteiger partial charge is 0.485 e. The van der Waals surface area contributed by atoms with Crippen LogP contribution in [0.4, 0.5) is 0 Å². The Labute approximate surface area is 154 Å². The number of nitrogens with zero attached hydrogens (tertiary/aromatic N) is 1. The van der Waals surface area contributed by atoms with Gasteiger partial charge in [0.2, 0.25) is 0 Å². The van der Waals surface area contributed by atoms with E-state index in [0.717, 1.165) is 35.5 Å². The van der Waals surface area contributed by atoms with Crippen molar-refractivity contribution in [1.82, 2.24) is 4.98 Å². The minimum absolute atomic E-state index is 0.0626. The second-order valence-corrected chi connectivity index (χ2v) is 7.16. The highest BCUT2D eigenvalue weighted by Crippen LogP contribution is 2.38. The number of carboxylic acids is 1. The zero-order valence-corrected chi connectivity index (χ0v) is 15.0. The zero-order valence-electron chi connectivity index (χ0n) is 14.1. The Morgan fingerprint density at radius 1 is 1.31 bits per heavy atom. The van der Waals surface area contributed by atoms with E-state index in [0.29, 0.717) is 10.9 Å². The molecule has 4 rings (SSSR count). The average Bonchev–Trinajstić information content (AvgIpc) is 3.10. The van der Waals surface area contributed by atoms with Gasteiger partial charge in [0.05, 0.1) is 6.20 Å². The first-order valence-electron chi connectivity index (χ1n) is 8.32. The van der Waals surface area contributed by atoms with Gasteiger partial charge in [-0.3, -0.25) is 0 Å². The lowest BCUT2D eigenvalue weighted by molar-refractivity contribution is 0.0702. The molecule has 5 nitrogen and oxygen atoms in total. The van der Waals surface area contributed by atoms with Crippen LogP contribution in [-0.2, 0) is 6.42 Å². The van der Waals surface area contributed by atoms with Gasteiger partial charge in [0.15, 0.2) is 0 Å². The highest BCUT2D eigenvalue weighted by atomic mass is 32.1. The SMILES string of the molecule is Cc1ccccc1[C@@H]1CCc2cc(Oc3ncc(C(=O)O)s3)ccc2O1. The Balaban J connectivity index is 1.51. The molecule has 26 heavy (non-hydrogen) atoms. The second kappa shape index (κ2) is 6.80. The summed E-state index contributed by atoms with van der Waals surface area (Å²) in [7, 11) is 0. The molecule has 1 aliphatic heterocycles. The summed E-state index contributed by atoms with van der Waals surface area (Å²) in [6, 6.07) is 14.0. The van der Waals surface area contributed by atoms with E-state index < -0.39 is 5.97 Å². The molecule has 0 fully saturated rings. The summed E-state index contributed by atoms with van der Waals surface area (Å²) in [5.74, 6) is 0.494. The molecular weight excluding hydrogens is 350 g/mol. The molecule has 0 saturated carbocycles. The molecule has 132 valence electrons. The standard InChI is InChI=1S/C20H17NO4S/c1-12-4-2-3-5-15(12)17-8-6-13-10-14(7-9-16(13)25-17)24-20-21-11-18(26-20)19(22)23/h2-5,7,9-11,17H,6,8H2,1H3,(H,22,23)/t17-/m0/s1. The molecule has 0 saturated heterocycles. The number of aryl methyl sites for hydroxylation is 2. The van der Waals surface area contributed by atoms with Crippen molar-refractivity contribution >= 4 is 17.3 Å². The first-order chi connectivity index (χ1) is 12.6. The molecule has 1 aromatic heterocycles. The van der Waals surface area contributed by atoms with E-state index >= 15 is 0 Å². The Morgan fingerprint density at radius 2 is 2.15 bits per heavy atom. The Kier molecular flexibility index (Phi) is 4.34. The van der Waals surface area contributed by atoms with Crippen LogP contribution in [0.25, 0.3) is 0 Å². The Bertz CT molecular complexity index is 966. The number of fused-ring (bicyclic) bond motifs is 1. The minimum Gasteiger partial charge on any atom is -0.485 e. The molecule has 2 aromatic carbocycles. The van der Waals surface area contributed by atoms with Crippen LogP contribution < -0.4 is 9.47 Å². The van der Waals surface area contributed by atoms with Gasteiger partial charge in [-0.2, -0.15) is 0 Å². The summed E-state index contributed by atoms with van der Waals surface area (Å²) in [6.45, 7) is 2.10. The topological polar surface area (TPSA) is 68.7 Å². The van der Waals surface area contributed by atoms with Crippen molar-refractivity contribution < 1.29 is 19.4 Å². The molecule has 0 aliphatic carbocycles. The van der Waals surface area contributed by atoms with Gasteiger partial charge in [-0.15, -0.1) is 0 Å². The number of rotatable bonds is 4. The molecule has 6 heteroatoms. The third-order valence-electron chi connectivity index (χ3n) is 4.41. The lowest BCUT2D eigenvalue weighted by Crippen LogP contribution is -2.16. The van der Waals surface area contributed by atoms with Crippen molar-refractivity contribution in [3.63, 3.8) is 0 Å². The molecule has 0 bridgehead atoms. The van der Waals surface area contributed by atoms with Crippen molar-refractivity contribution in [2.75, 3.05) is 0 Å². The van der Waals surface area contributed by atoms with Crippen LogP contribution in [0.2, 0.25) is 0 Å². The highest BCUT2D eigenvalue weighted by Gasteiger charge is 2.23. The lowest BCUT2D eigenvalue weighted by Gasteiger charge is -2.27. The lowest BCUT2D eigenvalue weighted by atomic mass is 9.95. The summed E-state index contributed by atoms with van der Waals surface area (Å²) in [4.78, 5) is 15.1. The van der Waals surface area contributed by atoms with Crippen molar-refractivity contribution in [2.45, 2.75) is 25.9 Å². The number of benzene rings is 2. The van der Waals surface area contributed by atoms with Gasteiger partial charge in [0.25, 0.3) is 5.19 Å². The van der Waals surface area contributed by atoms with Crippen molar-refractivity contribution in [3.05, 3.63) is 70.2 Å². The predicted molar refractivity (Wildman–Crippen MR) is 98.5 cm³/mol. The van der Waals surface area contributed by atoms with Crippen molar-refractivity contribution in [3.8, 4) is 16.7 Å². The molecule has 0 unspecified atom stereocenters. The van der Waals surface area contributed by atoms with Gasteiger partial charge < -0.3 is 14.6 Å². The zero-order chi connectivity index (χ0) is 18.1. The average molecular weight is 367 g/mol. The van der Waals surface area contributed by atoms with Crippen LogP contribution in [0.3, 0.4) is 0 Å². The van der Waals surface area contributed by atoms with Crippen LogP contribution in [0.1, 0.15) is 38.9 Å². The number of aromatic carboxylic acids is 1. The van der Waals surface area contributed by atoms with Crippen molar-refractivity contribution in [2.24, 2.45) is 0 Å². The minimum atomic E-state index is -1.00. The number of carbonyl (C=O) groups is 1. The van der Waals surface area contributed by atoms with E-state index in [1.54, 1.807) is 0 Å². The van der Waals surface area contributed by atoms with E-state index in [2.05, 4.69) is 24.0 Å². The first kappa shape index (κ1) is 16.6. The van der Waals surface area contributed by atoms with Crippen LogP contribution >= 0.6 is 11.3 Å². The molecule has 0 spiro atoms. The maximum atomic E-state index is 10.9. The quantitative estimate of drug-likeness (QED) is 0.702. The van der Waals surface area contributed by atoms with Crippen LogP contribution in [0, 0.1) is 6.92 Å². The fourth-order valence-electron chi connectivity index (χ4n) is 3.10. The third-order valence-corrected chi connectivity index (χ3v) is 5.28. The van der Waals surface area contributed by atoms with Crippen LogP contribution in [0.5, 0.6) is 16.7 Å². The third kappa shape index (κ3) is 3.28. The fourth-order valence-corrected chi connectivity index (χ4v) is 3.72. The molecule has 1 N–H and O–H groups in total. The summed E-state index contributed by atoms with van der Waals surface area (Å²) in [5.41, 5.74) is 3.55. The van der Waals surface area contributed by atoms with E-state index in [1.165, 1.54) is 17.3 Å². The smallest absolute Gasteiger partial charge is 0.347 e. The Morgan fingerprint density at radius 3 is 2.92 bits per heavy atom. The maximum absolute atomic E-state index is 10.9. The van der Waals surface area contributed by atoms with Gasteiger partial charge in [-0.05, 0) is 54.7 Å². The van der Waals surface area contributed by atoms with E-state index in [1.807, 2.05) is 30.3 Å². The van der Waals surface area contributed by atoms with Crippen LogP contribution in [-0.4, -0.2) is 16.1 Å². The molecular formula is C20H17NO4S. The molecule has 0 radical (unpaired) electrons. The number of hydrogen-bond acceptors (Lipinski definition) is 5. The monoisotopic (exact) mass is 367 g/mol. The van der Waals surface area contributed by atoms with Gasteiger partial charge >= 0.3 is 5.97 Å². The first-order valence-corrected chi connectivity index (χ1v) is 9.14. The van der Waals surface area contributed by atoms with Gasteiger partial charge in [-0.1, -0.05) is 35.6 Å². The molecule has 0 amide bonds. The number of thiazole rings is 1. The summed E-state index contributed by atoms with van der Waals surface area (Å²) in [5, 5.41) is 9.28. The molecule has 1 atom stereocenters. The summed E-state index contributed by atoms with van der Waals surface area (Å²) >= 11 is 1.01. The van der Waals surface area contributed by atoms with E-state index in [9.17, 15) is 4.79 Å². The van der Waals surface area contributed by atoms with Gasteiger partial charge in [0, 0.05) is 0 Å². The van der Waals surface area contributed by atoms with E-state index in [4.69, 9.17) is 14.6 Å². The van der Waals surface area contributed by atoms with E-state index in [-0.39, 0.29) is 11.0 Å². The number of carboxylic acid groups (broad SMARTS) is 1. The van der Waals surface area contributed by atoms with Gasteiger partial charge in [0.1, 0.15) is 22.5 Å².